The monoisotopic (exact) mass is 343 g/mol. The average molecular weight is 344 g/mol. The van der Waals surface area contributed by atoms with Crippen LogP contribution in [0.25, 0.3) is 0 Å². The molecule has 0 aliphatic carbocycles. The lowest BCUT2D eigenvalue weighted by Gasteiger charge is -2.30. The number of carbonyl (C=O) groups excluding carboxylic acids is 1. The molecule has 0 atom stereocenters. The predicted octanol–water partition coefficient (Wildman–Crippen LogP) is 2.64. The largest absolute Gasteiger partial charge is 0.340 e. The van der Waals surface area contributed by atoms with Crippen molar-refractivity contribution in [1.82, 2.24) is 15.5 Å². The summed E-state index contributed by atoms with van der Waals surface area (Å²) in [7, 11) is 0. The normalized spacial score (nSPS) is 15.9. The van der Waals surface area contributed by atoms with Crippen molar-refractivity contribution in [3.05, 3.63) is 33.8 Å². The molecule has 1 aliphatic heterocycles. The zero-order valence-electron chi connectivity index (χ0n) is 13.1. The molecule has 6 heteroatoms. The Hall–Kier alpha value is -0.810. The molecule has 0 unspecified atom stereocenters. The molecule has 0 aromatic heterocycles. The van der Waals surface area contributed by atoms with E-state index >= 15 is 0 Å². The number of halogens is 2. The van der Waals surface area contributed by atoms with Gasteiger partial charge in [-0.3, -0.25) is 4.79 Å². The lowest BCUT2D eigenvalue weighted by molar-refractivity contribution is -0.131. The molecule has 1 saturated heterocycles. The molecule has 1 aromatic rings. The highest BCUT2D eigenvalue weighted by Gasteiger charge is 2.22. The minimum Gasteiger partial charge on any atom is -0.340 e. The van der Waals surface area contributed by atoms with E-state index in [-0.39, 0.29) is 11.4 Å². The molecule has 4 nitrogen and oxygen atoms in total. The lowest BCUT2D eigenvalue weighted by atomic mass is 9.94. The van der Waals surface area contributed by atoms with Crippen molar-refractivity contribution < 1.29 is 4.79 Å². The molecule has 1 heterocycles. The van der Waals surface area contributed by atoms with Gasteiger partial charge in [-0.15, -0.1) is 0 Å². The first-order chi connectivity index (χ1) is 10.4. The van der Waals surface area contributed by atoms with Crippen molar-refractivity contribution in [2.75, 3.05) is 32.7 Å². The van der Waals surface area contributed by atoms with E-state index in [4.69, 9.17) is 23.2 Å². The van der Waals surface area contributed by atoms with Gasteiger partial charge in [0, 0.05) is 44.7 Å². The summed E-state index contributed by atoms with van der Waals surface area (Å²) < 4.78 is 0. The summed E-state index contributed by atoms with van der Waals surface area (Å²) >= 11 is 12.0. The van der Waals surface area contributed by atoms with E-state index in [1.54, 1.807) is 6.07 Å². The number of hydrogen-bond acceptors (Lipinski definition) is 3. The van der Waals surface area contributed by atoms with Crippen LogP contribution < -0.4 is 10.6 Å². The first-order valence-corrected chi connectivity index (χ1v) is 8.35. The van der Waals surface area contributed by atoms with E-state index in [2.05, 4.69) is 24.5 Å². The smallest absolute Gasteiger partial charge is 0.223 e. The molecule has 0 bridgehead atoms. The first-order valence-electron chi connectivity index (χ1n) is 7.59. The van der Waals surface area contributed by atoms with Gasteiger partial charge in [-0.1, -0.05) is 29.3 Å². The van der Waals surface area contributed by atoms with Crippen LogP contribution in [0.1, 0.15) is 25.8 Å². The maximum atomic E-state index is 12.1. The third-order valence-electron chi connectivity index (χ3n) is 4.02. The minimum absolute atomic E-state index is 0.207. The van der Waals surface area contributed by atoms with Gasteiger partial charge in [0.1, 0.15) is 0 Å². The van der Waals surface area contributed by atoms with Crippen LogP contribution in [0.4, 0.5) is 0 Å². The third kappa shape index (κ3) is 4.59. The van der Waals surface area contributed by atoms with Crippen molar-refractivity contribution >= 4 is 29.1 Å². The maximum absolute atomic E-state index is 12.1. The molecule has 122 valence electrons. The lowest BCUT2D eigenvalue weighted by Crippen LogP contribution is -2.47. The summed E-state index contributed by atoms with van der Waals surface area (Å²) in [5.41, 5.74) is 0.786. The highest BCUT2D eigenvalue weighted by Crippen LogP contribution is 2.28. The van der Waals surface area contributed by atoms with Crippen molar-refractivity contribution in [1.29, 1.82) is 0 Å². The summed E-state index contributed by atoms with van der Waals surface area (Å²) in [4.78, 5) is 14.1. The molecule has 1 aliphatic rings. The van der Waals surface area contributed by atoms with Crippen LogP contribution in [0, 0.1) is 0 Å². The molecule has 2 N–H and O–H groups in total. The Labute approximate surface area is 142 Å². The molecule has 1 amide bonds. The fourth-order valence-electron chi connectivity index (χ4n) is 2.54. The van der Waals surface area contributed by atoms with Crippen LogP contribution in [-0.2, 0) is 10.3 Å². The molecule has 22 heavy (non-hydrogen) atoms. The van der Waals surface area contributed by atoms with Gasteiger partial charge in [-0.2, -0.15) is 0 Å². The summed E-state index contributed by atoms with van der Waals surface area (Å²) in [6.07, 6.45) is 0.505. The average Bonchev–Trinajstić information content (AvgIpc) is 2.50. The molecule has 0 radical (unpaired) electrons. The number of amides is 1. The van der Waals surface area contributed by atoms with Crippen LogP contribution in [-0.4, -0.2) is 43.5 Å². The second-order valence-electron chi connectivity index (χ2n) is 6.06. The van der Waals surface area contributed by atoms with Gasteiger partial charge in [-0.25, -0.2) is 0 Å². The second-order valence-corrected chi connectivity index (χ2v) is 6.88. The van der Waals surface area contributed by atoms with Crippen molar-refractivity contribution in [3.63, 3.8) is 0 Å². The number of rotatable bonds is 5. The van der Waals surface area contributed by atoms with Crippen LogP contribution in [0.2, 0.25) is 10.0 Å². The molecule has 0 saturated carbocycles. The van der Waals surface area contributed by atoms with E-state index in [1.165, 1.54) is 0 Å². The van der Waals surface area contributed by atoms with Crippen LogP contribution in [0.15, 0.2) is 18.2 Å². The van der Waals surface area contributed by atoms with E-state index in [9.17, 15) is 4.79 Å². The topological polar surface area (TPSA) is 44.4 Å². The van der Waals surface area contributed by atoms with Crippen molar-refractivity contribution in [2.24, 2.45) is 0 Å². The standard InChI is InChI=1S/C16H23Cl2N3O/c1-16(2,12-3-4-13(17)14(18)11-12)20-6-5-15(22)21-9-7-19-8-10-21/h3-4,11,19-20H,5-10H2,1-2H3. The van der Waals surface area contributed by atoms with Gasteiger partial charge in [0.25, 0.3) is 0 Å². The van der Waals surface area contributed by atoms with Gasteiger partial charge < -0.3 is 15.5 Å². The molecule has 1 fully saturated rings. The number of benzene rings is 1. The number of nitrogens with one attached hydrogen (secondary N) is 2. The minimum atomic E-state index is -0.266. The van der Waals surface area contributed by atoms with Gasteiger partial charge in [0.15, 0.2) is 0 Å². The molecular weight excluding hydrogens is 321 g/mol. The van der Waals surface area contributed by atoms with E-state index in [1.807, 2.05) is 17.0 Å². The quantitative estimate of drug-likeness (QED) is 0.863. The Morgan fingerprint density at radius 2 is 1.95 bits per heavy atom. The first kappa shape index (κ1) is 17.5. The number of nitrogens with zero attached hydrogens (tertiary/aromatic N) is 1. The highest BCUT2D eigenvalue weighted by molar-refractivity contribution is 6.42. The van der Waals surface area contributed by atoms with Gasteiger partial charge in [0.05, 0.1) is 10.0 Å². The SMILES string of the molecule is CC(C)(NCCC(=O)N1CCNCC1)c1ccc(Cl)c(Cl)c1. The van der Waals surface area contributed by atoms with Crippen LogP contribution in [0.3, 0.4) is 0 Å². The zero-order chi connectivity index (χ0) is 16.2. The van der Waals surface area contributed by atoms with Crippen LogP contribution >= 0.6 is 23.2 Å². The van der Waals surface area contributed by atoms with Gasteiger partial charge in [0.2, 0.25) is 5.91 Å². The molecule has 2 rings (SSSR count). The number of carbonyl (C=O) groups is 1. The molecular formula is C16H23Cl2N3O. The summed E-state index contributed by atoms with van der Waals surface area (Å²) in [6, 6.07) is 5.63. The fraction of sp³-hybridized carbons (Fsp3) is 0.562. The van der Waals surface area contributed by atoms with Crippen molar-refractivity contribution in [3.8, 4) is 0 Å². The van der Waals surface area contributed by atoms with Crippen LogP contribution in [0.5, 0.6) is 0 Å². The van der Waals surface area contributed by atoms with Crippen molar-refractivity contribution in [2.45, 2.75) is 25.8 Å². The summed E-state index contributed by atoms with van der Waals surface area (Å²) in [5, 5.41) is 7.77. The number of hydrogen-bond donors (Lipinski definition) is 2. The summed E-state index contributed by atoms with van der Waals surface area (Å²) in [6.45, 7) is 8.14. The predicted molar refractivity (Wildman–Crippen MR) is 91.6 cm³/mol. The Morgan fingerprint density at radius 1 is 1.27 bits per heavy atom. The highest BCUT2D eigenvalue weighted by atomic mass is 35.5. The Kier molecular flexibility index (Phi) is 6.09. The maximum Gasteiger partial charge on any atom is 0.223 e. The Balaban J connectivity index is 1.86. The zero-order valence-corrected chi connectivity index (χ0v) is 14.6. The van der Waals surface area contributed by atoms with Gasteiger partial charge in [-0.05, 0) is 31.5 Å². The number of piperazine rings is 1. The van der Waals surface area contributed by atoms with E-state index in [0.29, 0.717) is 23.0 Å². The Morgan fingerprint density at radius 3 is 2.59 bits per heavy atom. The Bertz CT molecular complexity index is 528. The summed E-state index contributed by atoms with van der Waals surface area (Å²) in [5.74, 6) is 0.207. The van der Waals surface area contributed by atoms with E-state index in [0.717, 1.165) is 31.7 Å². The van der Waals surface area contributed by atoms with Gasteiger partial charge >= 0.3 is 0 Å². The van der Waals surface area contributed by atoms with E-state index < -0.39 is 0 Å². The molecule has 1 aromatic carbocycles. The second kappa shape index (κ2) is 7.64. The molecule has 0 spiro atoms. The fourth-order valence-corrected chi connectivity index (χ4v) is 2.84. The third-order valence-corrected chi connectivity index (χ3v) is 4.76.